The quantitative estimate of drug-likeness (QED) is 0.524. The second kappa shape index (κ2) is 4.81. The maximum absolute atomic E-state index is 11.0. The zero-order valence-electron chi connectivity index (χ0n) is 5.74. The van der Waals surface area contributed by atoms with Gasteiger partial charge in [0.25, 0.3) is 0 Å². The van der Waals surface area contributed by atoms with E-state index in [1.165, 1.54) is 0 Å². The third kappa shape index (κ3) is 4.89. The molecule has 0 saturated carbocycles. The SMILES string of the molecule is C#CCSP(N)(=O)OCC. The molecule has 10 heavy (non-hydrogen) atoms. The van der Waals surface area contributed by atoms with E-state index in [-0.39, 0.29) is 0 Å². The lowest BCUT2D eigenvalue weighted by Gasteiger charge is -2.07. The van der Waals surface area contributed by atoms with Gasteiger partial charge in [0.05, 0.1) is 12.4 Å². The molecule has 0 aromatic heterocycles. The summed E-state index contributed by atoms with van der Waals surface area (Å²) >= 11 is 0.978. The summed E-state index contributed by atoms with van der Waals surface area (Å²) in [6, 6.07) is 0. The van der Waals surface area contributed by atoms with Crippen molar-refractivity contribution < 1.29 is 9.09 Å². The molecule has 0 aromatic rings. The van der Waals surface area contributed by atoms with Crippen LogP contribution in [-0.2, 0) is 9.09 Å². The van der Waals surface area contributed by atoms with Crippen molar-refractivity contribution in [3.63, 3.8) is 0 Å². The monoisotopic (exact) mass is 179 g/mol. The van der Waals surface area contributed by atoms with E-state index in [1.54, 1.807) is 6.92 Å². The fraction of sp³-hybridized carbons (Fsp3) is 0.600. The average Bonchev–Trinajstić information content (AvgIpc) is 1.84. The van der Waals surface area contributed by atoms with Crippen molar-refractivity contribution in [3.8, 4) is 12.3 Å². The van der Waals surface area contributed by atoms with Gasteiger partial charge in [-0.05, 0) is 18.3 Å². The maximum Gasteiger partial charge on any atom is 0.324 e. The van der Waals surface area contributed by atoms with Crippen LogP contribution in [0.2, 0.25) is 0 Å². The molecule has 2 N–H and O–H groups in total. The fourth-order valence-electron chi connectivity index (χ4n) is 0.344. The van der Waals surface area contributed by atoms with Crippen LogP contribution in [0.5, 0.6) is 0 Å². The first-order chi connectivity index (χ1) is 4.62. The molecule has 0 amide bonds. The first-order valence-electron chi connectivity index (χ1n) is 2.73. The lowest BCUT2D eigenvalue weighted by Crippen LogP contribution is -1.95. The molecule has 5 heteroatoms. The first kappa shape index (κ1) is 10.1. The second-order valence-electron chi connectivity index (χ2n) is 1.44. The summed E-state index contributed by atoms with van der Waals surface area (Å²) in [6.45, 7) is -0.850. The van der Waals surface area contributed by atoms with Gasteiger partial charge in [0, 0.05) is 0 Å². The summed E-state index contributed by atoms with van der Waals surface area (Å²) < 4.78 is 15.7. The molecule has 0 fully saturated rings. The van der Waals surface area contributed by atoms with Crippen LogP contribution in [-0.4, -0.2) is 12.4 Å². The molecule has 0 aliphatic heterocycles. The Bertz CT molecular complexity index is 177. The van der Waals surface area contributed by atoms with Crippen molar-refractivity contribution in [3.05, 3.63) is 0 Å². The molecule has 0 bridgehead atoms. The van der Waals surface area contributed by atoms with Crippen LogP contribution >= 0.6 is 18.1 Å². The fourth-order valence-corrected chi connectivity index (χ4v) is 2.34. The molecule has 0 aromatic carbocycles. The van der Waals surface area contributed by atoms with E-state index in [9.17, 15) is 4.57 Å². The largest absolute Gasteiger partial charge is 0.324 e. The third-order valence-corrected chi connectivity index (χ3v) is 3.69. The predicted molar refractivity (Wildman–Crippen MR) is 44.7 cm³/mol. The Morgan fingerprint density at radius 3 is 2.90 bits per heavy atom. The Morgan fingerprint density at radius 1 is 1.90 bits per heavy atom. The van der Waals surface area contributed by atoms with Crippen molar-refractivity contribution in [2.75, 3.05) is 12.4 Å². The van der Waals surface area contributed by atoms with E-state index in [0.29, 0.717) is 12.4 Å². The summed E-state index contributed by atoms with van der Waals surface area (Å²) in [4.78, 5) is 0. The van der Waals surface area contributed by atoms with Gasteiger partial charge < -0.3 is 4.52 Å². The van der Waals surface area contributed by atoms with E-state index in [4.69, 9.17) is 16.5 Å². The zero-order chi connectivity index (χ0) is 8.04. The highest BCUT2D eigenvalue weighted by atomic mass is 32.7. The minimum Gasteiger partial charge on any atom is -0.310 e. The van der Waals surface area contributed by atoms with Crippen molar-refractivity contribution in [2.45, 2.75) is 6.92 Å². The van der Waals surface area contributed by atoms with Gasteiger partial charge in [-0.2, -0.15) is 0 Å². The molecular weight excluding hydrogens is 169 g/mol. The van der Waals surface area contributed by atoms with Gasteiger partial charge in [0.15, 0.2) is 0 Å². The van der Waals surface area contributed by atoms with Crippen LogP contribution in [0.1, 0.15) is 6.92 Å². The molecule has 0 saturated heterocycles. The van der Waals surface area contributed by atoms with Gasteiger partial charge in [0.2, 0.25) is 0 Å². The molecule has 0 spiro atoms. The molecule has 0 rings (SSSR count). The van der Waals surface area contributed by atoms with Gasteiger partial charge in [0.1, 0.15) is 0 Å². The van der Waals surface area contributed by atoms with Crippen LogP contribution in [0.25, 0.3) is 0 Å². The minimum absolute atomic E-state index is 0.327. The van der Waals surface area contributed by atoms with Crippen LogP contribution in [0.4, 0.5) is 0 Å². The highest BCUT2D eigenvalue weighted by Gasteiger charge is 2.14. The molecule has 58 valence electrons. The zero-order valence-corrected chi connectivity index (χ0v) is 7.45. The highest BCUT2D eigenvalue weighted by Crippen LogP contribution is 2.51. The topological polar surface area (TPSA) is 52.3 Å². The van der Waals surface area contributed by atoms with Crippen molar-refractivity contribution >= 4 is 18.1 Å². The number of hydrogen-bond donors (Lipinski definition) is 1. The molecule has 1 atom stereocenters. The van der Waals surface area contributed by atoms with E-state index in [0.717, 1.165) is 11.4 Å². The summed E-state index contributed by atoms with van der Waals surface area (Å²) in [6.07, 6.45) is 4.93. The van der Waals surface area contributed by atoms with E-state index in [1.807, 2.05) is 0 Å². The van der Waals surface area contributed by atoms with Gasteiger partial charge >= 0.3 is 6.72 Å². The van der Waals surface area contributed by atoms with Gasteiger partial charge in [-0.15, -0.1) is 6.42 Å². The average molecular weight is 179 g/mol. The molecular formula is C5H10NO2PS. The molecule has 0 aliphatic rings. The normalized spacial score (nSPS) is 15.7. The Kier molecular flexibility index (Phi) is 4.84. The Labute approximate surface area is 65.0 Å². The third-order valence-electron chi connectivity index (χ3n) is 0.637. The molecule has 0 heterocycles. The standard InChI is InChI=1S/C5H10NO2PS/c1-3-5-10-9(6,7)8-4-2/h1H,4-5H2,2H3,(H2,6,7). The van der Waals surface area contributed by atoms with Crippen molar-refractivity contribution in [1.29, 1.82) is 0 Å². The molecule has 0 aliphatic carbocycles. The smallest absolute Gasteiger partial charge is 0.310 e. The Morgan fingerprint density at radius 2 is 2.50 bits per heavy atom. The predicted octanol–water partition coefficient (Wildman–Crippen LogP) is 1.46. The lowest BCUT2D eigenvalue weighted by atomic mass is 10.8. The van der Waals surface area contributed by atoms with E-state index in [2.05, 4.69) is 5.92 Å². The van der Waals surface area contributed by atoms with Crippen molar-refractivity contribution in [1.82, 2.24) is 0 Å². The maximum atomic E-state index is 11.0. The number of nitrogens with two attached hydrogens (primary N) is 1. The van der Waals surface area contributed by atoms with Crippen LogP contribution in [0, 0.1) is 12.3 Å². The van der Waals surface area contributed by atoms with Crippen molar-refractivity contribution in [2.24, 2.45) is 5.50 Å². The Balaban J connectivity index is 3.67. The van der Waals surface area contributed by atoms with Gasteiger partial charge in [-0.1, -0.05) is 5.92 Å². The van der Waals surface area contributed by atoms with Crippen LogP contribution in [0.15, 0.2) is 0 Å². The molecule has 0 radical (unpaired) electrons. The number of rotatable bonds is 4. The molecule has 3 nitrogen and oxygen atoms in total. The van der Waals surface area contributed by atoms with Crippen LogP contribution in [0.3, 0.4) is 0 Å². The van der Waals surface area contributed by atoms with E-state index >= 15 is 0 Å². The summed E-state index contributed by atoms with van der Waals surface area (Å²) in [5.74, 6) is 2.64. The number of hydrogen-bond acceptors (Lipinski definition) is 3. The van der Waals surface area contributed by atoms with E-state index < -0.39 is 6.72 Å². The highest BCUT2D eigenvalue weighted by molar-refractivity contribution is 8.56. The lowest BCUT2D eigenvalue weighted by molar-refractivity contribution is 0.346. The molecule has 1 unspecified atom stereocenters. The Hall–Kier alpha value is 0.0600. The summed E-state index contributed by atoms with van der Waals surface area (Å²) in [7, 11) is 0. The second-order valence-corrected chi connectivity index (χ2v) is 5.62. The van der Waals surface area contributed by atoms with Gasteiger partial charge in [-0.25, -0.2) is 0 Å². The first-order valence-corrected chi connectivity index (χ1v) is 6.02. The minimum atomic E-state index is -2.93. The van der Waals surface area contributed by atoms with Gasteiger partial charge in [-0.3, -0.25) is 10.1 Å². The summed E-state index contributed by atoms with van der Waals surface area (Å²) in [5, 5.41) is 0. The number of terminal acetylenes is 1. The van der Waals surface area contributed by atoms with Crippen LogP contribution < -0.4 is 5.50 Å². The summed E-state index contributed by atoms with van der Waals surface area (Å²) in [5.41, 5.74) is 5.21.